The Morgan fingerprint density at radius 2 is 1.78 bits per heavy atom. The monoisotopic (exact) mass is 391 g/mol. The Morgan fingerprint density at radius 3 is 2.37 bits per heavy atom. The molecule has 1 unspecified atom stereocenters. The van der Waals surface area contributed by atoms with Crippen LogP contribution in [0.5, 0.6) is 0 Å². The van der Waals surface area contributed by atoms with Crippen molar-refractivity contribution in [1.82, 2.24) is 14.9 Å². The molecule has 7 nitrogen and oxygen atoms in total. The van der Waals surface area contributed by atoms with Crippen LogP contribution >= 0.6 is 0 Å². The molecule has 2 aromatic carbocycles. The van der Waals surface area contributed by atoms with Crippen LogP contribution in [0.1, 0.15) is 22.0 Å². The van der Waals surface area contributed by atoms with Crippen molar-refractivity contribution in [3.63, 3.8) is 0 Å². The first-order chi connectivity index (χ1) is 12.8. The maximum atomic E-state index is 13.2. The van der Waals surface area contributed by atoms with Crippen molar-refractivity contribution in [2.24, 2.45) is 0 Å². The van der Waals surface area contributed by atoms with Gasteiger partial charge in [0, 0.05) is 25.7 Å². The van der Waals surface area contributed by atoms with E-state index in [2.05, 4.69) is 10.6 Å². The Labute approximate surface area is 156 Å². The van der Waals surface area contributed by atoms with Gasteiger partial charge in [0.25, 0.3) is 5.91 Å². The first kappa shape index (κ1) is 19.0. The number of rotatable bonds is 4. The summed E-state index contributed by atoms with van der Waals surface area (Å²) < 4.78 is 40.5. The van der Waals surface area contributed by atoms with Gasteiger partial charge in [-0.3, -0.25) is 9.59 Å². The summed E-state index contributed by atoms with van der Waals surface area (Å²) in [5, 5.41) is 5.10. The van der Waals surface area contributed by atoms with Crippen LogP contribution < -0.4 is 10.6 Å². The van der Waals surface area contributed by atoms with E-state index in [1.807, 2.05) is 0 Å². The van der Waals surface area contributed by atoms with E-state index < -0.39 is 27.8 Å². The first-order valence-corrected chi connectivity index (χ1v) is 9.66. The van der Waals surface area contributed by atoms with Crippen molar-refractivity contribution >= 4 is 21.8 Å². The fourth-order valence-corrected chi connectivity index (χ4v) is 4.50. The van der Waals surface area contributed by atoms with Gasteiger partial charge in [0.2, 0.25) is 15.9 Å². The molecule has 9 heteroatoms. The van der Waals surface area contributed by atoms with Crippen molar-refractivity contribution < 1.29 is 22.4 Å². The van der Waals surface area contributed by atoms with Crippen LogP contribution in [-0.2, 0) is 14.8 Å². The van der Waals surface area contributed by atoms with Crippen molar-refractivity contribution in [1.29, 1.82) is 0 Å². The highest BCUT2D eigenvalue weighted by molar-refractivity contribution is 7.89. The van der Waals surface area contributed by atoms with Gasteiger partial charge in [0.1, 0.15) is 11.9 Å². The summed E-state index contributed by atoms with van der Waals surface area (Å²) in [5.41, 5.74) is 0.696. The van der Waals surface area contributed by atoms with Gasteiger partial charge in [-0.25, -0.2) is 12.8 Å². The van der Waals surface area contributed by atoms with Gasteiger partial charge in [-0.2, -0.15) is 4.31 Å². The van der Waals surface area contributed by atoms with Crippen LogP contribution in [0, 0.1) is 5.82 Å². The summed E-state index contributed by atoms with van der Waals surface area (Å²) in [6, 6.07) is 9.51. The number of sulfonamides is 1. The zero-order valence-electron chi connectivity index (χ0n) is 14.5. The van der Waals surface area contributed by atoms with Gasteiger partial charge in [0.05, 0.1) is 4.90 Å². The van der Waals surface area contributed by atoms with Crippen molar-refractivity contribution in [2.75, 3.05) is 20.1 Å². The largest absolute Gasteiger partial charge is 0.355 e. The molecule has 0 aromatic heterocycles. The highest BCUT2D eigenvalue weighted by Gasteiger charge is 2.39. The molecule has 0 spiro atoms. The number of carbonyl (C=O) groups excluding carboxylic acids is 2. The average molecular weight is 391 g/mol. The molecule has 142 valence electrons. The van der Waals surface area contributed by atoms with Gasteiger partial charge in [-0.05, 0) is 42.0 Å². The van der Waals surface area contributed by atoms with E-state index in [-0.39, 0.29) is 23.9 Å². The standard InChI is InChI=1S/C18H18FN3O4S/c1-20-17(23)13-4-8-15(9-5-13)27(25,26)22-11-10-21-18(24)16(22)12-2-6-14(19)7-3-12/h2-9,16H,10-11H2,1H3,(H,20,23)(H,21,24). The van der Waals surface area contributed by atoms with E-state index in [0.717, 1.165) is 4.31 Å². The third-order valence-corrected chi connectivity index (χ3v) is 6.18. The molecular formula is C18H18FN3O4S. The van der Waals surface area contributed by atoms with Crippen LogP contribution in [0.15, 0.2) is 53.4 Å². The summed E-state index contributed by atoms with van der Waals surface area (Å²) in [6.45, 7) is 0.249. The summed E-state index contributed by atoms with van der Waals surface area (Å²) in [5.74, 6) is -1.28. The lowest BCUT2D eigenvalue weighted by molar-refractivity contribution is -0.126. The minimum absolute atomic E-state index is 0.0306. The second kappa shape index (κ2) is 7.45. The van der Waals surface area contributed by atoms with Gasteiger partial charge in [-0.15, -0.1) is 0 Å². The van der Waals surface area contributed by atoms with Crippen molar-refractivity contribution in [3.05, 3.63) is 65.5 Å². The minimum atomic E-state index is -4.00. The lowest BCUT2D eigenvalue weighted by atomic mass is 10.0. The topological polar surface area (TPSA) is 95.6 Å². The highest BCUT2D eigenvalue weighted by Crippen LogP contribution is 2.30. The average Bonchev–Trinajstić information content (AvgIpc) is 2.68. The molecule has 0 radical (unpaired) electrons. The molecule has 2 amide bonds. The van der Waals surface area contributed by atoms with E-state index in [1.54, 1.807) is 0 Å². The molecule has 0 bridgehead atoms. The van der Waals surface area contributed by atoms with Crippen LogP contribution in [0.25, 0.3) is 0 Å². The molecule has 1 aliphatic rings. The minimum Gasteiger partial charge on any atom is -0.355 e. The van der Waals surface area contributed by atoms with Crippen molar-refractivity contribution in [2.45, 2.75) is 10.9 Å². The first-order valence-electron chi connectivity index (χ1n) is 8.22. The van der Waals surface area contributed by atoms with Crippen LogP contribution in [-0.4, -0.2) is 44.7 Å². The third kappa shape index (κ3) is 3.69. The van der Waals surface area contributed by atoms with E-state index in [4.69, 9.17) is 0 Å². The number of amides is 2. The normalized spacial score (nSPS) is 18.0. The third-order valence-electron chi connectivity index (χ3n) is 4.30. The smallest absolute Gasteiger partial charge is 0.251 e. The Hall–Kier alpha value is -2.78. The van der Waals surface area contributed by atoms with Crippen LogP contribution in [0.4, 0.5) is 4.39 Å². The summed E-state index contributed by atoms with van der Waals surface area (Å²) in [7, 11) is -2.53. The summed E-state index contributed by atoms with van der Waals surface area (Å²) in [6.07, 6.45) is 0. The van der Waals surface area contributed by atoms with E-state index in [0.29, 0.717) is 11.1 Å². The molecule has 2 aromatic rings. The number of halogens is 1. The zero-order valence-corrected chi connectivity index (χ0v) is 15.3. The van der Waals surface area contributed by atoms with Crippen LogP contribution in [0.2, 0.25) is 0 Å². The predicted molar refractivity (Wildman–Crippen MR) is 95.9 cm³/mol. The van der Waals surface area contributed by atoms with Crippen molar-refractivity contribution in [3.8, 4) is 0 Å². The molecule has 1 saturated heterocycles. The second-order valence-corrected chi connectivity index (χ2v) is 7.85. The molecular weight excluding hydrogens is 373 g/mol. The quantitative estimate of drug-likeness (QED) is 0.814. The molecule has 2 N–H and O–H groups in total. The zero-order chi connectivity index (χ0) is 19.6. The molecule has 0 aliphatic carbocycles. The molecule has 1 aliphatic heterocycles. The molecule has 1 heterocycles. The van der Waals surface area contributed by atoms with Gasteiger partial charge < -0.3 is 10.6 Å². The predicted octanol–water partition coefficient (Wildman–Crippen LogP) is 1.05. The van der Waals surface area contributed by atoms with Crippen LogP contribution in [0.3, 0.4) is 0 Å². The Bertz CT molecular complexity index is 959. The SMILES string of the molecule is CNC(=O)c1ccc(S(=O)(=O)N2CCNC(=O)C2c2ccc(F)cc2)cc1. The summed E-state index contributed by atoms with van der Waals surface area (Å²) in [4.78, 5) is 24.0. The number of nitrogens with one attached hydrogen (secondary N) is 2. The highest BCUT2D eigenvalue weighted by atomic mass is 32.2. The number of hydrogen-bond acceptors (Lipinski definition) is 4. The molecule has 27 heavy (non-hydrogen) atoms. The van der Waals surface area contributed by atoms with E-state index in [9.17, 15) is 22.4 Å². The summed E-state index contributed by atoms with van der Waals surface area (Å²) >= 11 is 0. The van der Waals surface area contributed by atoms with E-state index in [1.165, 1.54) is 55.6 Å². The second-order valence-electron chi connectivity index (χ2n) is 5.96. The molecule has 0 saturated carbocycles. The molecule has 1 fully saturated rings. The number of nitrogens with zero attached hydrogens (tertiary/aromatic N) is 1. The molecule has 3 rings (SSSR count). The lowest BCUT2D eigenvalue weighted by Crippen LogP contribution is -2.52. The number of hydrogen-bond donors (Lipinski definition) is 2. The van der Waals surface area contributed by atoms with Gasteiger partial charge in [-0.1, -0.05) is 12.1 Å². The number of piperazine rings is 1. The maximum absolute atomic E-state index is 13.2. The fourth-order valence-electron chi connectivity index (χ4n) is 2.93. The molecule has 1 atom stereocenters. The maximum Gasteiger partial charge on any atom is 0.251 e. The lowest BCUT2D eigenvalue weighted by Gasteiger charge is -2.34. The van der Waals surface area contributed by atoms with Gasteiger partial charge >= 0.3 is 0 Å². The Kier molecular flexibility index (Phi) is 5.24. The van der Waals surface area contributed by atoms with E-state index >= 15 is 0 Å². The van der Waals surface area contributed by atoms with Gasteiger partial charge in [0.15, 0.2) is 0 Å². The number of carbonyl (C=O) groups is 2. The Balaban J connectivity index is 1.98. The fraction of sp³-hybridized carbons (Fsp3) is 0.222. The number of benzene rings is 2. The Morgan fingerprint density at radius 1 is 1.15 bits per heavy atom.